The second-order valence-corrected chi connectivity index (χ2v) is 5.69. The van der Waals surface area contributed by atoms with Crippen molar-refractivity contribution >= 4 is 40.7 Å². The van der Waals surface area contributed by atoms with E-state index >= 15 is 0 Å². The number of amides is 2. The molecule has 0 bridgehead atoms. The van der Waals surface area contributed by atoms with E-state index in [1.807, 2.05) is 0 Å². The number of hydrogen-bond donors (Lipinski definition) is 4. The summed E-state index contributed by atoms with van der Waals surface area (Å²) in [5, 5.41) is 20.7. The van der Waals surface area contributed by atoms with E-state index in [1.54, 1.807) is 19.1 Å². The number of nitrogens with one attached hydrogen (secondary N) is 3. The van der Waals surface area contributed by atoms with Crippen LogP contribution < -0.4 is 10.6 Å². The van der Waals surface area contributed by atoms with Gasteiger partial charge in [-0.2, -0.15) is 5.10 Å². The van der Waals surface area contributed by atoms with E-state index in [-0.39, 0.29) is 27.1 Å². The minimum atomic E-state index is -1.05. The number of aromatic nitrogens is 2. The fourth-order valence-corrected chi connectivity index (χ4v) is 2.37. The topological polar surface area (TPSA) is 107 Å². The zero-order chi connectivity index (χ0) is 17.1. The molecule has 4 N–H and O–H groups in total. The number of halogens is 2. The summed E-state index contributed by atoms with van der Waals surface area (Å²) in [6.07, 6.45) is -1.05. The molecule has 1 aromatic heterocycles. The maximum atomic E-state index is 12.2. The van der Waals surface area contributed by atoms with Crippen molar-refractivity contribution in [3.63, 3.8) is 0 Å². The van der Waals surface area contributed by atoms with Gasteiger partial charge in [-0.3, -0.25) is 14.7 Å². The maximum Gasteiger partial charge on any atom is 0.276 e. The lowest BCUT2D eigenvalue weighted by Gasteiger charge is -2.14. The maximum absolute atomic E-state index is 12.2. The van der Waals surface area contributed by atoms with Gasteiger partial charge in [0.1, 0.15) is 11.4 Å². The molecule has 0 saturated heterocycles. The van der Waals surface area contributed by atoms with Gasteiger partial charge in [0.25, 0.3) is 11.8 Å². The van der Waals surface area contributed by atoms with Gasteiger partial charge >= 0.3 is 0 Å². The van der Waals surface area contributed by atoms with E-state index in [4.69, 9.17) is 23.2 Å². The van der Waals surface area contributed by atoms with Crippen molar-refractivity contribution in [2.75, 3.05) is 5.32 Å². The van der Waals surface area contributed by atoms with Crippen LogP contribution >= 0.6 is 23.2 Å². The predicted octanol–water partition coefficient (Wildman–Crippen LogP) is 2.35. The van der Waals surface area contributed by atoms with E-state index in [2.05, 4.69) is 20.8 Å². The summed E-state index contributed by atoms with van der Waals surface area (Å²) >= 11 is 11.8. The van der Waals surface area contributed by atoms with Gasteiger partial charge in [0.05, 0.1) is 16.3 Å². The zero-order valence-electron chi connectivity index (χ0n) is 12.3. The summed E-state index contributed by atoms with van der Waals surface area (Å²) < 4.78 is 0. The van der Waals surface area contributed by atoms with Crippen LogP contribution in [0, 0.1) is 6.92 Å². The number of aromatic amines is 1. The molecular formula is C14H14Cl2N4O3. The van der Waals surface area contributed by atoms with Gasteiger partial charge in [0.2, 0.25) is 0 Å². The number of nitrogens with zero attached hydrogens (tertiary/aromatic N) is 1. The van der Waals surface area contributed by atoms with Gasteiger partial charge in [0, 0.05) is 6.07 Å². The summed E-state index contributed by atoms with van der Waals surface area (Å²) in [5.74, 6) is -1.15. The summed E-state index contributed by atoms with van der Waals surface area (Å²) in [5.41, 5.74) is 1.03. The Morgan fingerprint density at radius 2 is 1.96 bits per heavy atom. The molecule has 2 amide bonds. The van der Waals surface area contributed by atoms with Crippen LogP contribution in [0.5, 0.6) is 0 Å². The molecule has 2 aromatic rings. The minimum Gasteiger partial charge on any atom is -0.374 e. The van der Waals surface area contributed by atoms with Crippen molar-refractivity contribution in [3.8, 4) is 0 Å². The van der Waals surface area contributed by atoms with Crippen LogP contribution in [0.2, 0.25) is 10.2 Å². The van der Waals surface area contributed by atoms with Crippen molar-refractivity contribution in [2.45, 2.75) is 20.1 Å². The number of carbonyl (C=O) groups excluding carboxylic acids is 2. The molecule has 0 radical (unpaired) electrons. The molecule has 9 heteroatoms. The van der Waals surface area contributed by atoms with Crippen molar-refractivity contribution in [2.24, 2.45) is 0 Å². The molecule has 0 fully saturated rings. The number of carbonyl (C=O) groups is 2. The molecule has 1 heterocycles. The normalized spacial score (nSPS) is 11.9. The molecule has 122 valence electrons. The molecule has 0 spiro atoms. The van der Waals surface area contributed by atoms with Crippen molar-refractivity contribution in [3.05, 3.63) is 45.2 Å². The molecule has 0 aliphatic rings. The Morgan fingerprint density at radius 3 is 2.52 bits per heavy atom. The Balaban J connectivity index is 2.36. The van der Waals surface area contributed by atoms with Gasteiger partial charge in [0.15, 0.2) is 5.69 Å². The molecule has 23 heavy (non-hydrogen) atoms. The third-order valence-electron chi connectivity index (χ3n) is 2.84. The van der Waals surface area contributed by atoms with Crippen LogP contribution in [0.4, 0.5) is 5.69 Å². The third kappa shape index (κ3) is 4.22. The largest absolute Gasteiger partial charge is 0.374 e. The average molecular weight is 357 g/mol. The first-order chi connectivity index (χ1) is 10.8. The molecular weight excluding hydrogens is 343 g/mol. The molecule has 0 aliphatic carbocycles. The Kier molecular flexibility index (Phi) is 5.25. The lowest BCUT2D eigenvalue weighted by Crippen LogP contribution is -2.33. The number of H-pyrrole nitrogens is 1. The molecule has 1 unspecified atom stereocenters. The Labute approximate surface area is 142 Å². The second kappa shape index (κ2) is 6.99. The summed E-state index contributed by atoms with van der Waals surface area (Å²) in [6, 6.07) is 4.50. The highest BCUT2D eigenvalue weighted by Crippen LogP contribution is 2.28. The van der Waals surface area contributed by atoms with Crippen LogP contribution in [0.25, 0.3) is 0 Å². The highest BCUT2D eigenvalue weighted by Gasteiger charge is 2.20. The lowest BCUT2D eigenvalue weighted by atomic mass is 10.1. The number of anilines is 1. The van der Waals surface area contributed by atoms with E-state index in [0.29, 0.717) is 0 Å². The van der Waals surface area contributed by atoms with Gasteiger partial charge in [-0.1, -0.05) is 23.2 Å². The average Bonchev–Trinajstić information content (AvgIpc) is 2.87. The van der Waals surface area contributed by atoms with Gasteiger partial charge in [-0.25, -0.2) is 0 Å². The van der Waals surface area contributed by atoms with Crippen molar-refractivity contribution in [1.29, 1.82) is 0 Å². The number of benzene rings is 1. The zero-order valence-corrected chi connectivity index (χ0v) is 13.8. The Morgan fingerprint density at radius 1 is 1.26 bits per heavy atom. The highest BCUT2D eigenvalue weighted by atomic mass is 35.5. The van der Waals surface area contributed by atoms with Gasteiger partial charge in [-0.15, -0.1) is 0 Å². The number of aryl methyl sites for hydroxylation is 1. The summed E-state index contributed by atoms with van der Waals surface area (Å²) in [7, 11) is 0. The fourth-order valence-electron chi connectivity index (χ4n) is 1.91. The second-order valence-electron chi connectivity index (χ2n) is 4.87. The molecule has 0 saturated carbocycles. The van der Waals surface area contributed by atoms with Gasteiger partial charge < -0.3 is 15.7 Å². The number of aliphatic hydroxyl groups excluding tert-OH is 1. The van der Waals surface area contributed by atoms with Crippen molar-refractivity contribution < 1.29 is 14.7 Å². The molecule has 2 rings (SSSR count). The Hall–Kier alpha value is -2.09. The monoisotopic (exact) mass is 356 g/mol. The SMILES string of the molecule is Cc1cc(Cl)c(NC(=O)c2cc(Cl)[nH]n2)c(C(=O)NC(C)O)c1. The van der Waals surface area contributed by atoms with E-state index in [0.717, 1.165) is 5.56 Å². The highest BCUT2D eigenvalue weighted by molar-refractivity contribution is 6.35. The van der Waals surface area contributed by atoms with Crippen LogP contribution in [-0.4, -0.2) is 33.3 Å². The van der Waals surface area contributed by atoms with Crippen molar-refractivity contribution in [1.82, 2.24) is 15.5 Å². The van der Waals surface area contributed by atoms with Crippen LogP contribution in [0.3, 0.4) is 0 Å². The Bertz CT molecular complexity index is 758. The summed E-state index contributed by atoms with van der Waals surface area (Å²) in [4.78, 5) is 24.3. The lowest BCUT2D eigenvalue weighted by molar-refractivity contribution is 0.0819. The molecule has 7 nitrogen and oxygen atoms in total. The number of rotatable bonds is 4. The number of hydrogen-bond acceptors (Lipinski definition) is 4. The predicted molar refractivity (Wildman–Crippen MR) is 86.9 cm³/mol. The molecule has 1 aromatic carbocycles. The number of aliphatic hydroxyl groups is 1. The van der Waals surface area contributed by atoms with Gasteiger partial charge in [-0.05, 0) is 31.5 Å². The van der Waals surface area contributed by atoms with E-state index < -0.39 is 18.0 Å². The first-order valence-corrected chi connectivity index (χ1v) is 7.35. The van der Waals surface area contributed by atoms with Crippen LogP contribution in [0.1, 0.15) is 33.3 Å². The third-order valence-corrected chi connectivity index (χ3v) is 3.33. The fraction of sp³-hybridized carbons (Fsp3) is 0.214. The van der Waals surface area contributed by atoms with Crippen LogP contribution in [0.15, 0.2) is 18.2 Å². The van der Waals surface area contributed by atoms with E-state index in [1.165, 1.54) is 13.0 Å². The smallest absolute Gasteiger partial charge is 0.276 e. The first kappa shape index (κ1) is 17.3. The summed E-state index contributed by atoms with van der Waals surface area (Å²) in [6.45, 7) is 3.16. The standard InChI is InChI=1S/C14H14Cl2N4O3/c1-6-3-8(13(22)17-7(2)21)12(9(15)4-6)18-14(23)10-5-11(16)20-19-10/h3-5,7,21H,1-2H3,(H,17,22)(H,18,23)(H,19,20). The molecule has 0 aliphatic heterocycles. The van der Waals surface area contributed by atoms with Crippen LogP contribution in [-0.2, 0) is 0 Å². The van der Waals surface area contributed by atoms with E-state index in [9.17, 15) is 14.7 Å². The quantitative estimate of drug-likeness (QED) is 0.630. The molecule has 1 atom stereocenters. The first-order valence-electron chi connectivity index (χ1n) is 6.59. The minimum absolute atomic E-state index is 0.0496.